The SMILES string of the molecule is CC/C=C/C=C/C=C/CCCCCCCCCC(=O)OC1C(OCC(NC(=O)C(O)CCCCCCC/C=C\C/C=C\C/C=C\CCCCC)C(O)/C=C/CCCCCCCCCCCCC)OC(CO)C(O)C1O. The Morgan fingerprint density at radius 3 is 1.57 bits per heavy atom. The molecule has 11 heteroatoms. The smallest absolute Gasteiger partial charge is 0.306 e. The number of carbonyl (C=O) groups is 2. The molecular formula is C64H111NO10. The van der Waals surface area contributed by atoms with Crippen LogP contribution in [-0.4, -0.2) is 99.6 Å². The largest absolute Gasteiger partial charge is 0.454 e. The molecule has 0 bridgehead atoms. The molecule has 8 atom stereocenters. The van der Waals surface area contributed by atoms with E-state index in [2.05, 4.69) is 92.9 Å². The summed E-state index contributed by atoms with van der Waals surface area (Å²) >= 11 is 0. The Bertz CT molecular complexity index is 1540. The van der Waals surface area contributed by atoms with Crippen LogP contribution in [0.3, 0.4) is 0 Å². The molecule has 0 aromatic rings. The Kier molecular flexibility index (Phi) is 48.0. The molecule has 1 fully saturated rings. The Labute approximate surface area is 457 Å². The van der Waals surface area contributed by atoms with Gasteiger partial charge in [0.25, 0.3) is 0 Å². The van der Waals surface area contributed by atoms with Crippen LogP contribution in [0.25, 0.3) is 0 Å². The van der Waals surface area contributed by atoms with Crippen LogP contribution in [0.1, 0.15) is 245 Å². The van der Waals surface area contributed by atoms with E-state index < -0.39 is 67.4 Å². The topological polar surface area (TPSA) is 175 Å². The molecule has 8 unspecified atom stereocenters. The summed E-state index contributed by atoms with van der Waals surface area (Å²) in [7, 11) is 0. The van der Waals surface area contributed by atoms with Crippen molar-refractivity contribution in [2.45, 2.75) is 294 Å². The number of carbonyl (C=O) groups excluding carboxylic acids is 2. The third-order valence-corrected chi connectivity index (χ3v) is 13.8. The highest BCUT2D eigenvalue weighted by Crippen LogP contribution is 2.26. The molecule has 11 nitrogen and oxygen atoms in total. The second-order valence-corrected chi connectivity index (χ2v) is 20.8. The van der Waals surface area contributed by atoms with Crippen LogP contribution in [0, 0.1) is 0 Å². The van der Waals surface area contributed by atoms with Crippen molar-refractivity contribution in [1.82, 2.24) is 5.32 Å². The van der Waals surface area contributed by atoms with Crippen molar-refractivity contribution in [1.29, 1.82) is 0 Å². The molecule has 432 valence electrons. The van der Waals surface area contributed by atoms with Gasteiger partial charge in [0.15, 0.2) is 12.4 Å². The zero-order chi connectivity index (χ0) is 54.7. The maximum atomic E-state index is 13.4. The highest BCUT2D eigenvalue weighted by atomic mass is 16.7. The molecule has 6 N–H and O–H groups in total. The molecule has 0 aromatic carbocycles. The number of hydrogen-bond acceptors (Lipinski definition) is 10. The molecule has 75 heavy (non-hydrogen) atoms. The number of rotatable bonds is 50. The standard InChI is InChI=1S/C64H111NO10/c1-4-7-10-13-16-19-22-25-27-28-29-31-33-36-39-42-45-48-51-57(68)63(72)65-55(56(67)50-47-44-41-38-35-32-24-21-18-15-12-9-6-3)54-73-64-62(61(71)60(70)58(53-66)74-64)75-59(69)52-49-46-43-40-37-34-30-26-23-20-17-14-11-8-5-2/h8,11,14,16-17,19-20,23,25,27,29,31,47,50,55-58,60-62,64,66-68,70-71H,4-7,9-10,12-13,15,18,21-22,24,26,28,30,32-46,48-49,51-54H2,1-3H3,(H,65,72)/b11-8+,17-14+,19-16-,23-20+,27-25-,31-29-,50-47+. The summed E-state index contributed by atoms with van der Waals surface area (Å²) in [5, 5.41) is 56.9. The van der Waals surface area contributed by atoms with Crippen molar-refractivity contribution in [3.63, 3.8) is 0 Å². The van der Waals surface area contributed by atoms with Crippen LogP contribution in [0.4, 0.5) is 0 Å². The maximum Gasteiger partial charge on any atom is 0.306 e. The van der Waals surface area contributed by atoms with E-state index in [0.29, 0.717) is 12.8 Å². The molecule has 1 heterocycles. The van der Waals surface area contributed by atoms with E-state index in [1.807, 2.05) is 12.2 Å². The van der Waals surface area contributed by atoms with Crippen LogP contribution in [0.2, 0.25) is 0 Å². The molecule has 0 aromatic heterocycles. The Morgan fingerprint density at radius 2 is 1.01 bits per heavy atom. The third-order valence-electron chi connectivity index (χ3n) is 13.8. The molecular weight excluding hydrogens is 943 g/mol. The molecule has 0 radical (unpaired) electrons. The van der Waals surface area contributed by atoms with Crippen LogP contribution >= 0.6 is 0 Å². The van der Waals surface area contributed by atoms with Gasteiger partial charge in [-0.05, 0) is 83.5 Å². The summed E-state index contributed by atoms with van der Waals surface area (Å²) in [5.41, 5.74) is 0. The lowest BCUT2D eigenvalue weighted by molar-refractivity contribution is -0.305. The fourth-order valence-electron chi connectivity index (χ4n) is 9.01. The minimum absolute atomic E-state index is 0.105. The summed E-state index contributed by atoms with van der Waals surface area (Å²) in [6, 6.07) is -1.04. The summed E-state index contributed by atoms with van der Waals surface area (Å²) < 4.78 is 17.6. The lowest BCUT2D eigenvalue weighted by Crippen LogP contribution is -2.61. The number of amides is 1. The summed E-state index contributed by atoms with van der Waals surface area (Å²) in [6.07, 6.45) is 56.1. The fourth-order valence-corrected chi connectivity index (χ4v) is 9.01. The maximum absolute atomic E-state index is 13.4. The van der Waals surface area contributed by atoms with E-state index in [4.69, 9.17) is 14.2 Å². The number of esters is 1. The van der Waals surface area contributed by atoms with Gasteiger partial charge in [0.2, 0.25) is 5.91 Å². The van der Waals surface area contributed by atoms with E-state index in [1.165, 1.54) is 83.5 Å². The van der Waals surface area contributed by atoms with Gasteiger partial charge in [-0.15, -0.1) is 0 Å². The van der Waals surface area contributed by atoms with Crippen molar-refractivity contribution >= 4 is 11.9 Å². The van der Waals surface area contributed by atoms with E-state index >= 15 is 0 Å². The first-order chi connectivity index (χ1) is 36.7. The Hall–Kier alpha value is -3.16. The molecule has 0 spiro atoms. The first-order valence-corrected chi connectivity index (χ1v) is 30.4. The number of aliphatic hydroxyl groups is 5. The van der Waals surface area contributed by atoms with Gasteiger partial charge in [0.05, 0.1) is 25.4 Å². The quantitative estimate of drug-likeness (QED) is 0.0149. The molecule has 1 amide bonds. The molecule has 0 aliphatic carbocycles. The number of unbranched alkanes of at least 4 members (excludes halogenated alkanes) is 26. The predicted octanol–water partition coefficient (Wildman–Crippen LogP) is 14.2. The molecule has 1 rings (SSSR count). The summed E-state index contributed by atoms with van der Waals surface area (Å²) in [5.74, 6) is -1.22. The lowest BCUT2D eigenvalue weighted by Gasteiger charge is -2.41. The Morgan fingerprint density at radius 1 is 0.547 bits per heavy atom. The highest BCUT2D eigenvalue weighted by molar-refractivity contribution is 5.80. The van der Waals surface area contributed by atoms with Crippen LogP contribution in [0.15, 0.2) is 85.1 Å². The number of allylic oxidation sites excluding steroid dienone is 13. The van der Waals surface area contributed by atoms with E-state index in [9.17, 15) is 35.1 Å². The van der Waals surface area contributed by atoms with Crippen molar-refractivity contribution in [2.24, 2.45) is 0 Å². The highest BCUT2D eigenvalue weighted by Gasteiger charge is 2.47. The molecule has 1 aliphatic rings. The number of nitrogens with one attached hydrogen (secondary N) is 1. The normalized spacial score (nSPS) is 19.8. The third kappa shape index (κ3) is 39.8. The van der Waals surface area contributed by atoms with Gasteiger partial charge >= 0.3 is 5.97 Å². The second kappa shape index (κ2) is 51.6. The molecule has 0 saturated carbocycles. The van der Waals surface area contributed by atoms with Crippen molar-refractivity contribution < 1.29 is 49.3 Å². The predicted molar refractivity (Wildman–Crippen MR) is 310 cm³/mol. The van der Waals surface area contributed by atoms with Crippen molar-refractivity contribution in [3.05, 3.63) is 85.1 Å². The minimum Gasteiger partial charge on any atom is -0.454 e. The fraction of sp³-hybridized carbons (Fsp3) is 0.750. The zero-order valence-corrected chi connectivity index (χ0v) is 47.6. The van der Waals surface area contributed by atoms with Crippen molar-refractivity contribution in [2.75, 3.05) is 13.2 Å². The second-order valence-electron chi connectivity index (χ2n) is 20.8. The summed E-state index contributed by atoms with van der Waals surface area (Å²) in [6.45, 7) is 5.61. The Balaban J connectivity index is 2.73. The first-order valence-electron chi connectivity index (χ1n) is 30.4. The van der Waals surface area contributed by atoms with Crippen LogP contribution in [-0.2, 0) is 23.8 Å². The van der Waals surface area contributed by atoms with E-state index in [1.54, 1.807) is 6.08 Å². The number of aliphatic hydroxyl groups excluding tert-OH is 5. The monoisotopic (exact) mass is 1050 g/mol. The van der Waals surface area contributed by atoms with E-state index in [-0.39, 0.29) is 19.4 Å². The average molecular weight is 1050 g/mol. The molecule has 1 aliphatic heterocycles. The van der Waals surface area contributed by atoms with Gasteiger partial charge in [-0.25, -0.2) is 0 Å². The minimum atomic E-state index is -1.62. The van der Waals surface area contributed by atoms with Crippen LogP contribution in [0.5, 0.6) is 0 Å². The number of ether oxygens (including phenoxy) is 3. The van der Waals surface area contributed by atoms with Crippen molar-refractivity contribution in [3.8, 4) is 0 Å². The number of hydrogen-bond donors (Lipinski definition) is 6. The summed E-state index contributed by atoms with van der Waals surface area (Å²) in [4.78, 5) is 26.5. The van der Waals surface area contributed by atoms with Crippen LogP contribution < -0.4 is 5.32 Å². The van der Waals surface area contributed by atoms with Gasteiger partial charge < -0.3 is 45.1 Å². The lowest BCUT2D eigenvalue weighted by atomic mass is 9.99. The van der Waals surface area contributed by atoms with Gasteiger partial charge in [0.1, 0.15) is 24.4 Å². The first kappa shape index (κ1) is 69.9. The van der Waals surface area contributed by atoms with Gasteiger partial charge in [-0.3, -0.25) is 9.59 Å². The van der Waals surface area contributed by atoms with Gasteiger partial charge in [0, 0.05) is 6.42 Å². The van der Waals surface area contributed by atoms with E-state index in [0.717, 1.165) is 116 Å². The molecule has 1 saturated heterocycles. The van der Waals surface area contributed by atoms with Gasteiger partial charge in [-0.2, -0.15) is 0 Å². The average Bonchev–Trinajstić information content (AvgIpc) is 3.41. The van der Waals surface area contributed by atoms with Gasteiger partial charge in [-0.1, -0.05) is 241 Å². The zero-order valence-electron chi connectivity index (χ0n) is 47.6.